The summed E-state index contributed by atoms with van der Waals surface area (Å²) in [6.45, 7) is 8.40. The second-order valence-corrected chi connectivity index (χ2v) is 4.08. The predicted octanol–water partition coefficient (Wildman–Crippen LogP) is 4.14. The third kappa shape index (κ3) is 4.51. The second kappa shape index (κ2) is 6.09. The molecule has 0 heteroatoms. The van der Waals surface area contributed by atoms with Crippen molar-refractivity contribution in [3.63, 3.8) is 0 Å². The van der Waals surface area contributed by atoms with Gasteiger partial charge in [0.2, 0.25) is 0 Å². The van der Waals surface area contributed by atoms with Gasteiger partial charge in [-0.25, -0.2) is 0 Å². The van der Waals surface area contributed by atoms with Crippen LogP contribution in [-0.2, 0) is 0 Å². The van der Waals surface area contributed by atoms with Crippen LogP contribution < -0.4 is 0 Å². The van der Waals surface area contributed by atoms with Gasteiger partial charge in [0.05, 0.1) is 0 Å². The molecule has 0 amide bonds. The highest BCUT2D eigenvalue weighted by atomic mass is 14.0. The van der Waals surface area contributed by atoms with E-state index in [1.54, 1.807) is 0 Å². The van der Waals surface area contributed by atoms with Gasteiger partial charge < -0.3 is 0 Å². The molecule has 0 heterocycles. The summed E-state index contributed by atoms with van der Waals surface area (Å²) in [7, 11) is 0. The van der Waals surface area contributed by atoms with Gasteiger partial charge in [-0.3, -0.25) is 0 Å². The fourth-order valence-corrected chi connectivity index (χ4v) is 1.24. The summed E-state index contributed by atoms with van der Waals surface area (Å²) in [5, 5.41) is 0. The van der Waals surface area contributed by atoms with E-state index >= 15 is 0 Å². The standard InChI is InChI=1S/C15H18/c1-13(2)9-7-8-10-14(3)15-11-5-4-6-12-15/h4-6,11-13H,3,7,9H2,1-2H3. The first-order valence-electron chi connectivity index (χ1n) is 5.43. The van der Waals surface area contributed by atoms with Crippen LogP contribution in [0.3, 0.4) is 0 Å². The van der Waals surface area contributed by atoms with Crippen LogP contribution in [0.25, 0.3) is 5.57 Å². The molecule has 0 aliphatic rings. The van der Waals surface area contributed by atoms with E-state index in [9.17, 15) is 0 Å². The van der Waals surface area contributed by atoms with E-state index in [0.717, 1.165) is 29.9 Å². The highest BCUT2D eigenvalue weighted by Gasteiger charge is 1.92. The van der Waals surface area contributed by atoms with Gasteiger partial charge in [-0.2, -0.15) is 0 Å². The number of rotatable bonds is 3. The zero-order valence-corrected chi connectivity index (χ0v) is 9.59. The Labute approximate surface area is 93.0 Å². The Hall–Kier alpha value is -1.48. The fraction of sp³-hybridized carbons (Fsp3) is 0.333. The van der Waals surface area contributed by atoms with Crippen LogP contribution in [0, 0.1) is 17.8 Å². The quantitative estimate of drug-likeness (QED) is 0.640. The van der Waals surface area contributed by atoms with Crippen LogP contribution >= 0.6 is 0 Å². The number of benzene rings is 1. The van der Waals surface area contributed by atoms with Crippen molar-refractivity contribution in [2.24, 2.45) is 5.92 Å². The van der Waals surface area contributed by atoms with Crippen molar-refractivity contribution in [3.05, 3.63) is 42.5 Å². The summed E-state index contributed by atoms with van der Waals surface area (Å²) in [6, 6.07) is 10.1. The fourth-order valence-electron chi connectivity index (χ4n) is 1.24. The lowest BCUT2D eigenvalue weighted by atomic mass is 10.1. The molecule has 0 saturated heterocycles. The molecule has 0 saturated carbocycles. The maximum absolute atomic E-state index is 3.97. The molecule has 15 heavy (non-hydrogen) atoms. The van der Waals surface area contributed by atoms with Crippen LogP contribution in [0.1, 0.15) is 32.3 Å². The summed E-state index contributed by atoms with van der Waals surface area (Å²) in [5.41, 5.74) is 2.04. The Balaban J connectivity index is 2.49. The van der Waals surface area contributed by atoms with Crippen LogP contribution in [0.4, 0.5) is 0 Å². The first kappa shape index (κ1) is 11.6. The van der Waals surface area contributed by atoms with E-state index in [-0.39, 0.29) is 0 Å². The SMILES string of the molecule is C=C(C#CCCC(C)C)c1ccccc1. The average molecular weight is 198 g/mol. The van der Waals surface area contributed by atoms with Gasteiger partial charge in [0.1, 0.15) is 0 Å². The Morgan fingerprint density at radius 2 is 1.93 bits per heavy atom. The first-order chi connectivity index (χ1) is 7.20. The molecule has 0 aromatic heterocycles. The molecule has 0 nitrogen and oxygen atoms in total. The molecular weight excluding hydrogens is 180 g/mol. The molecule has 0 radical (unpaired) electrons. The maximum Gasteiger partial charge on any atom is 0.0245 e. The lowest BCUT2D eigenvalue weighted by molar-refractivity contribution is 0.600. The highest BCUT2D eigenvalue weighted by molar-refractivity contribution is 5.76. The summed E-state index contributed by atoms with van der Waals surface area (Å²) in [6.07, 6.45) is 2.12. The van der Waals surface area contributed by atoms with Gasteiger partial charge in [0.15, 0.2) is 0 Å². The van der Waals surface area contributed by atoms with Crippen LogP contribution in [-0.4, -0.2) is 0 Å². The molecule has 1 aromatic rings. The highest BCUT2D eigenvalue weighted by Crippen LogP contribution is 2.10. The van der Waals surface area contributed by atoms with E-state index in [1.165, 1.54) is 0 Å². The minimum Gasteiger partial charge on any atom is -0.0979 e. The average Bonchev–Trinajstić information content (AvgIpc) is 2.25. The summed E-state index contributed by atoms with van der Waals surface area (Å²) < 4.78 is 0. The van der Waals surface area contributed by atoms with Crippen molar-refractivity contribution < 1.29 is 0 Å². The van der Waals surface area contributed by atoms with Crippen molar-refractivity contribution in [1.82, 2.24) is 0 Å². The molecule has 0 aliphatic heterocycles. The maximum atomic E-state index is 3.97. The van der Waals surface area contributed by atoms with Crippen LogP contribution in [0.2, 0.25) is 0 Å². The molecule has 0 spiro atoms. The normalized spacial score (nSPS) is 9.53. The first-order valence-corrected chi connectivity index (χ1v) is 5.43. The monoisotopic (exact) mass is 198 g/mol. The molecule has 0 atom stereocenters. The molecule has 0 unspecified atom stereocenters. The van der Waals surface area contributed by atoms with Crippen LogP contribution in [0.5, 0.6) is 0 Å². The Morgan fingerprint density at radius 3 is 2.53 bits per heavy atom. The Bertz CT molecular complexity index is 360. The van der Waals surface area contributed by atoms with Gasteiger partial charge in [-0.15, -0.1) is 0 Å². The van der Waals surface area contributed by atoms with E-state index in [2.05, 4.69) is 32.3 Å². The van der Waals surface area contributed by atoms with Crippen molar-refractivity contribution in [3.8, 4) is 11.8 Å². The molecule has 1 rings (SSSR count). The molecule has 0 bridgehead atoms. The van der Waals surface area contributed by atoms with E-state index in [4.69, 9.17) is 0 Å². The van der Waals surface area contributed by atoms with Gasteiger partial charge in [0, 0.05) is 12.0 Å². The third-order valence-electron chi connectivity index (χ3n) is 2.21. The van der Waals surface area contributed by atoms with Crippen molar-refractivity contribution in [2.45, 2.75) is 26.7 Å². The zero-order chi connectivity index (χ0) is 11.1. The zero-order valence-electron chi connectivity index (χ0n) is 9.59. The predicted molar refractivity (Wildman–Crippen MR) is 67.3 cm³/mol. The van der Waals surface area contributed by atoms with Gasteiger partial charge in [-0.05, 0) is 17.9 Å². The smallest absolute Gasteiger partial charge is 0.0245 e. The van der Waals surface area contributed by atoms with Crippen molar-refractivity contribution >= 4 is 5.57 Å². The summed E-state index contributed by atoms with van der Waals surface area (Å²) in [4.78, 5) is 0. The van der Waals surface area contributed by atoms with Crippen molar-refractivity contribution in [1.29, 1.82) is 0 Å². The summed E-state index contributed by atoms with van der Waals surface area (Å²) in [5.74, 6) is 7.00. The Kier molecular flexibility index (Phi) is 4.71. The molecule has 1 aromatic carbocycles. The lowest BCUT2D eigenvalue weighted by Crippen LogP contribution is -1.84. The lowest BCUT2D eigenvalue weighted by Gasteiger charge is -1.98. The molecule has 0 N–H and O–H groups in total. The number of hydrogen-bond acceptors (Lipinski definition) is 0. The number of allylic oxidation sites excluding steroid dienone is 1. The topological polar surface area (TPSA) is 0 Å². The third-order valence-corrected chi connectivity index (χ3v) is 2.21. The van der Waals surface area contributed by atoms with E-state index < -0.39 is 0 Å². The largest absolute Gasteiger partial charge is 0.0979 e. The van der Waals surface area contributed by atoms with Gasteiger partial charge in [-0.1, -0.05) is 62.6 Å². The van der Waals surface area contributed by atoms with E-state index in [0.29, 0.717) is 0 Å². The van der Waals surface area contributed by atoms with Gasteiger partial charge in [0.25, 0.3) is 0 Å². The molecule has 78 valence electrons. The summed E-state index contributed by atoms with van der Waals surface area (Å²) >= 11 is 0. The van der Waals surface area contributed by atoms with Gasteiger partial charge >= 0.3 is 0 Å². The minimum absolute atomic E-state index is 0.726. The van der Waals surface area contributed by atoms with Crippen molar-refractivity contribution in [2.75, 3.05) is 0 Å². The number of hydrogen-bond donors (Lipinski definition) is 0. The van der Waals surface area contributed by atoms with Crippen LogP contribution in [0.15, 0.2) is 36.9 Å². The minimum atomic E-state index is 0.726. The molecule has 0 aliphatic carbocycles. The second-order valence-electron chi connectivity index (χ2n) is 4.08. The Morgan fingerprint density at radius 1 is 1.27 bits per heavy atom. The molecular formula is C15H18. The van der Waals surface area contributed by atoms with E-state index in [1.807, 2.05) is 30.3 Å². The molecule has 0 fully saturated rings.